The molecule has 0 aliphatic heterocycles. The van der Waals surface area contributed by atoms with Gasteiger partial charge in [0.1, 0.15) is 11.7 Å². The second-order valence-electron chi connectivity index (χ2n) is 13.3. The predicted octanol–water partition coefficient (Wildman–Crippen LogP) is 6.33. The van der Waals surface area contributed by atoms with E-state index in [9.17, 15) is 14.7 Å². The topological polar surface area (TPSA) is 63.6 Å². The van der Waals surface area contributed by atoms with Gasteiger partial charge in [0.25, 0.3) is 0 Å². The maximum Gasteiger partial charge on any atom is 0.302 e. The number of esters is 1. The van der Waals surface area contributed by atoms with E-state index in [2.05, 4.69) is 34.6 Å². The first-order valence-electron chi connectivity index (χ1n) is 13.8. The summed E-state index contributed by atoms with van der Waals surface area (Å²) in [7, 11) is 0. The van der Waals surface area contributed by atoms with Crippen molar-refractivity contribution in [2.24, 2.45) is 46.3 Å². The van der Waals surface area contributed by atoms with Crippen LogP contribution in [0, 0.1) is 46.3 Å². The number of ether oxygens (including phenoxy) is 1. The first-order chi connectivity index (χ1) is 15.4. The lowest BCUT2D eigenvalue weighted by Gasteiger charge is -2.63. The Balaban J connectivity index is 1.52. The lowest BCUT2D eigenvalue weighted by molar-refractivity contribution is -0.217. The highest BCUT2D eigenvalue weighted by Gasteiger charge is 2.68. The molecule has 0 aromatic rings. The van der Waals surface area contributed by atoms with E-state index >= 15 is 0 Å². The van der Waals surface area contributed by atoms with Gasteiger partial charge in [-0.15, -0.1) is 0 Å². The van der Waals surface area contributed by atoms with Gasteiger partial charge in [0, 0.05) is 25.2 Å². The fourth-order valence-corrected chi connectivity index (χ4v) is 9.36. The minimum Gasteiger partial charge on any atom is -0.462 e. The van der Waals surface area contributed by atoms with Crippen LogP contribution in [0.15, 0.2) is 0 Å². The fraction of sp³-hybridized carbons (Fsp3) is 0.931. The number of hydrogen-bond donors (Lipinski definition) is 1. The summed E-state index contributed by atoms with van der Waals surface area (Å²) in [5, 5.41) is 11.8. The molecule has 9 atom stereocenters. The molecule has 0 amide bonds. The van der Waals surface area contributed by atoms with Crippen LogP contribution in [-0.4, -0.2) is 28.6 Å². The Morgan fingerprint density at radius 3 is 2.45 bits per heavy atom. The van der Waals surface area contributed by atoms with Crippen molar-refractivity contribution in [2.75, 3.05) is 0 Å². The first kappa shape index (κ1) is 25.2. The van der Waals surface area contributed by atoms with Gasteiger partial charge in [-0.3, -0.25) is 9.59 Å². The van der Waals surface area contributed by atoms with Crippen molar-refractivity contribution < 1.29 is 19.4 Å². The normalized spacial score (nSPS) is 45.8. The number of hydrogen-bond acceptors (Lipinski definition) is 4. The quantitative estimate of drug-likeness (QED) is 0.470. The van der Waals surface area contributed by atoms with E-state index in [0.717, 1.165) is 37.0 Å². The van der Waals surface area contributed by atoms with Crippen LogP contribution in [0.4, 0.5) is 0 Å². The van der Waals surface area contributed by atoms with Crippen LogP contribution in [0.2, 0.25) is 0 Å². The van der Waals surface area contributed by atoms with E-state index in [1.807, 2.05) is 0 Å². The molecule has 0 aromatic heterocycles. The van der Waals surface area contributed by atoms with Gasteiger partial charge in [-0.05, 0) is 79.4 Å². The number of aliphatic hydroxyl groups is 1. The maximum atomic E-state index is 13.6. The van der Waals surface area contributed by atoms with E-state index in [1.54, 1.807) is 0 Å². The molecular formula is C29H48O4. The van der Waals surface area contributed by atoms with E-state index in [4.69, 9.17) is 4.74 Å². The molecule has 188 valence electrons. The smallest absolute Gasteiger partial charge is 0.302 e. The Kier molecular flexibility index (Phi) is 6.84. The fourth-order valence-electron chi connectivity index (χ4n) is 9.36. The summed E-state index contributed by atoms with van der Waals surface area (Å²) in [5.41, 5.74) is -1.41. The zero-order valence-corrected chi connectivity index (χ0v) is 22.0. The molecule has 0 saturated heterocycles. The molecule has 4 rings (SSSR count). The molecule has 4 heteroatoms. The highest BCUT2D eigenvalue weighted by Crippen LogP contribution is 2.68. The lowest BCUT2D eigenvalue weighted by atomic mass is 9.42. The Hall–Kier alpha value is -0.900. The minimum atomic E-state index is -1.34. The van der Waals surface area contributed by atoms with Gasteiger partial charge < -0.3 is 9.84 Å². The summed E-state index contributed by atoms with van der Waals surface area (Å²) in [4.78, 5) is 25.1. The van der Waals surface area contributed by atoms with Gasteiger partial charge in [-0.2, -0.15) is 0 Å². The van der Waals surface area contributed by atoms with E-state index < -0.39 is 11.0 Å². The molecule has 33 heavy (non-hydrogen) atoms. The summed E-state index contributed by atoms with van der Waals surface area (Å²) in [6.07, 6.45) is 10.9. The maximum absolute atomic E-state index is 13.6. The molecule has 0 heterocycles. The molecule has 4 saturated carbocycles. The molecule has 2 unspecified atom stereocenters. The number of carbonyl (C=O) groups excluding carboxylic acids is 2. The van der Waals surface area contributed by atoms with Crippen molar-refractivity contribution in [2.45, 2.75) is 124 Å². The summed E-state index contributed by atoms with van der Waals surface area (Å²) >= 11 is 0. The Morgan fingerprint density at radius 1 is 1.06 bits per heavy atom. The van der Waals surface area contributed by atoms with Gasteiger partial charge in [-0.25, -0.2) is 0 Å². The van der Waals surface area contributed by atoms with Crippen LogP contribution in [-0.2, 0) is 14.3 Å². The standard InChI is InChI=1S/C29H48O4/c1-18(2)8-7-9-19(3)23-10-11-24-22-16-26(31)29(32)17-21(33-20(4)30)12-15-28(29,6)25(22)13-14-27(23,24)5/h18-19,21-25,32H,7-17H2,1-6H3/t19-,21?,22+,23-,24+,25+,27-,28-,29?/m1/s1. The first-order valence-corrected chi connectivity index (χ1v) is 13.8. The predicted molar refractivity (Wildman–Crippen MR) is 130 cm³/mol. The molecular weight excluding hydrogens is 412 g/mol. The zero-order valence-electron chi connectivity index (χ0n) is 22.0. The van der Waals surface area contributed by atoms with Gasteiger partial charge >= 0.3 is 5.97 Å². The molecule has 4 aliphatic rings. The van der Waals surface area contributed by atoms with Crippen molar-refractivity contribution in [3.05, 3.63) is 0 Å². The Morgan fingerprint density at radius 2 is 1.79 bits per heavy atom. The number of Topliss-reactive ketones (excluding diaryl/α,β-unsaturated/α-hetero) is 1. The molecule has 0 radical (unpaired) electrons. The average Bonchev–Trinajstić information content (AvgIpc) is 3.07. The molecule has 4 fully saturated rings. The summed E-state index contributed by atoms with van der Waals surface area (Å²) in [5.74, 6) is 3.39. The van der Waals surface area contributed by atoms with E-state index in [1.165, 1.54) is 45.4 Å². The van der Waals surface area contributed by atoms with Crippen molar-refractivity contribution in [1.82, 2.24) is 0 Å². The molecule has 4 nitrogen and oxygen atoms in total. The lowest BCUT2D eigenvalue weighted by Crippen LogP contribution is -2.67. The van der Waals surface area contributed by atoms with Crippen LogP contribution >= 0.6 is 0 Å². The molecule has 0 aromatic carbocycles. The zero-order chi connectivity index (χ0) is 24.2. The summed E-state index contributed by atoms with van der Waals surface area (Å²) < 4.78 is 5.46. The highest BCUT2D eigenvalue weighted by molar-refractivity contribution is 5.89. The largest absolute Gasteiger partial charge is 0.462 e. The molecule has 4 aliphatic carbocycles. The van der Waals surface area contributed by atoms with Crippen molar-refractivity contribution >= 4 is 11.8 Å². The van der Waals surface area contributed by atoms with Crippen LogP contribution in [0.1, 0.15) is 112 Å². The number of rotatable bonds is 6. The SMILES string of the molecule is CC(=O)OC1CC[C@]2(C)[C@H]3CC[C@]4(C)[C@@H]([C@H](C)CCCC(C)C)CC[C@H]4[C@@H]3CC(=O)C2(O)C1. The van der Waals surface area contributed by atoms with Gasteiger partial charge in [-0.1, -0.05) is 53.9 Å². The van der Waals surface area contributed by atoms with Crippen LogP contribution in [0.3, 0.4) is 0 Å². The van der Waals surface area contributed by atoms with Crippen molar-refractivity contribution in [3.63, 3.8) is 0 Å². The second-order valence-corrected chi connectivity index (χ2v) is 13.3. The number of carbonyl (C=O) groups is 2. The van der Waals surface area contributed by atoms with Crippen LogP contribution in [0.25, 0.3) is 0 Å². The van der Waals surface area contributed by atoms with Gasteiger partial charge in [0.15, 0.2) is 5.78 Å². The number of ketones is 1. The van der Waals surface area contributed by atoms with Gasteiger partial charge in [0.2, 0.25) is 0 Å². The Labute approximate surface area is 201 Å². The minimum absolute atomic E-state index is 0.0146. The van der Waals surface area contributed by atoms with Gasteiger partial charge in [0.05, 0.1) is 0 Å². The van der Waals surface area contributed by atoms with E-state index in [-0.39, 0.29) is 24.3 Å². The van der Waals surface area contributed by atoms with Crippen LogP contribution < -0.4 is 0 Å². The Bertz CT molecular complexity index is 761. The molecule has 0 spiro atoms. The molecule has 0 bridgehead atoms. The number of fused-ring (bicyclic) bond motifs is 5. The second kappa shape index (κ2) is 8.95. The third-order valence-corrected chi connectivity index (χ3v) is 11.1. The van der Waals surface area contributed by atoms with Crippen LogP contribution in [0.5, 0.6) is 0 Å². The monoisotopic (exact) mass is 460 g/mol. The van der Waals surface area contributed by atoms with Crippen molar-refractivity contribution in [3.8, 4) is 0 Å². The highest BCUT2D eigenvalue weighted by atomic mass is 16.5. The third kappa shape index (κ3) is 4.10. The molecule has 1 N–H and O–H groups in total. The van der Waals surface area contributed by atoms with E-state index in [0.29, 0.717) is 29.6 Å². The van der Waals surface area contributed by atoms with Crippen molar-refractivity contribution in [1.29, 1.82) is 0 Å². The summed E-state index contributed by atoms with van der Waals surface area (Å²) in [6.45, 7) is 13.2. The summed E-state index contributed by atoms with van der Waals surface area (Å²) in [6, 6.07) is 0. The average molecular weight is 461 g/mol. The third-order valence-electron chi connectivity index (χ3n) is 11.1.